The Morgan fingerprint density at radius 3 is 2.31 bits per heavy atom. The fourth-order valence-electron chi connectivity index (χ4n) is 8.36. The number of imide groups is 1. The number of amides is 3. The molecule has 2 aliphatic carbocycles. The molecule has 3 heterocycles. The van der Waals surface area contributed by atoms with Gasteiger partial charge in [-0.1, -0.05) is 41.2 Å². The normalized spacial score (nSPS) is 26.2. The SMILES string of the molecule is CCOC(=O)c1ccc(N2C(=O)C3C4CC(C3C2=O)C2C4Sc3[nH]c(=O)sc3[C@@H]2c2ccc(OCC(=O)Nc3ccc(C)cc3)cc2)cc1. The molecule has 3 amide bonds. The lowest BCUT2D eigenvalue weighted by Gasteiger charge is -2.43. The summed E-state index contributed by atoms with van der Waals surface area (Å²) < 4.78 is 10.9. The van der Waals surface area contributed by atoms with Crippen LogP contribution in [0.5, 0.6) is 5.75 Å². The lowest BCUT2D eigenvalue weighted by molar-refractivity contribution is -0.123. The van der Waals surface area contributed by atoms with Gasteiger partial charge >= 0.3 is 10.8 Å². The molecule has 10 nitrogen and oxygen atoms in total. The molecule has 1 saturated heterocycles. The van der Waals surface area contributed by atoms with Crippen LogP contribution in [0, 0.1) is 36.5 Å². The summed E-state index contributed by atoms with van der Waals surface area (Å²) in [7, 11) is 0. The molecule has 3 fully saturated rings. The third-order valence-corrected chi connectivity index (χ3v) is 12.9. The Labute approximate surface area is 290 Å². The van der Waals surface area contributed by atoms with Crippen molar-refractivity contribution in [3.63, 3.8) is 0 Å². The van der Waals surface area contributed by atoms with Crippen molar-refractivity contribution in [3.05, 3.63) is 104 Å². The van der Waals surface area contributed by atoms with Crippen LogP contribution in [0.15, 0.2) is 82.6 Å². The molecule has 12 heteroatoms. The lowest BCUT2D eigenvalue weighted by atomic mass is 9.68. The van der Waals surface area contributed by atoms with Crippen LogP contribution in [0.3, 0.4) is 0 Å². The Hall–Kier alpha value is -4.68. The molecule has 4 aliphatic rings. The molecule has 2 aliphatic heterocycles. The molecule has 6 unspecified atom stereocenters. The Morgan fingerprint density at radius 1 is 0.918 bits per heavy atom. The predicted molar refractivity (Wildman–Crippen MR) is 185 cm³/mol. The fraction of sp³-hybridized carbons (Fsp3) is 0.324. The van der Waals surface area contributed by atoms with Gasteiger partial charge in [0.1, 0.15) is 5.75 Å². The second kappa shape index (κ2) is 12.3. The molecule has 250 valence electrons. The summed E-state index contributed by atoms with van der Waals surface area (Å²) in [5, 5.41) is 3.72. The number of H-pyrrole nitrogens is 1. The van der Waals surface area contributed by atoms with E-state index in [-0.39, 0.29) is 64.7 Å². The number of rotatable bonds is 8. The smallest absolute Gasteiger partial charge is 0.338 e. The summed E-state index contributed by atoms with van der Waals surface area (Å²) in [5.41, 5.74) is 3.61. The van der Waals surface area contributed by atoms with E-state index in [1.807, 2.05) is 55.5 Å². The summed E-state index contributed by atoms with van der Waals surface area (Å²) in [6, 6.07) is 21.6. The number of esters is 1. The van der Waals surface area contributed by atoms with Gasteiger partial charge in [-0.15, -0.1) is 11.8 Å². The van der Waals surface area contributed by atoms with Crippen molar-refractivity contribution in [2.75, 3.05) is 23.4 Å². The molecule has 8 rings (SSSR count). The van der Waals surface area contributed by atoms with Crippen molar-refractivity contribution in [1.82, 2.24) is 4.98 Å². The maximum absolute atomic E-state index is 14.1. The maximum atomic E-state index is 14.1. The average Bonchev–Trinajstić information content (AvgIpc) is 3.84. The van der Waals surface area contributed by atoms with E-state index in [9.17, 15) is 24.0 Å². The minimum absolute atomic E-state index is 0.0149. The highest BCUT2D eigenvalue weighted by molar-refractivity contribution is 8.00. The van der Waals surface area contributed by atoms with Gasteiger partial charge in [0.25, 0.3) is 5.91 Å². The second-order valence-electron chi connectivity index (χ2n) is 13.0. The van der Waals surface area contributed by atoms with Crippen LogP contribution in [0.25, 0.3) is 0 Å². The van der Waals surface area contributed by atoms with E-state index in [1.54, 1.807) is 43.0 Å². The van der Waals surface area contributed by atoms with Gasteiger partial charge in [0.15, 0.2) is 6.61 Å². The molecule has 49 heavy (non-hydrogen) atoms. The number of benzene rings is 3. The van der Waals surface area contributed by atoms with Crippen LogP contribution in [0.1, 0.15) is 45.6 Å². The van der Waals surface area contributed by atoms with Gasteiger partial charge in [-0.3, -0.25) is 24.1 Å². The first-order valence-corrected chi connectivity index (χ1v) is 18.1. The van der Waals surface area contributed by atoms with Gasteiger partial charge in [-0.25, -0.2) is 4.79 Å². The number of carbonyl (C=O) groups excluding carboxylic acids is 4. The number of aromatic nitrogens is 1. The minimum Gasteiger partial charge on any atom is -0.484 e. The van der Waals surface area contributed by atoms with Gasteiger partial charge < -0.3 is 19.8 Å². The molecule has 3 aromatic carbocycles. The second-order valence-corrected chi connectivity index (χ2v) is 15.2. The molecule has 4 aromatic rings. The highest BCUT2D eigenvalue weighted by Gasteiger charge is 2.69. The molecular formula is C37H33N3O7S2. The van der Waals surface area contributed by atoms with E-state index in [4.69, 9.17) is 9.47 Å². The zero-order valence-electron chi connectivity index (χ0n) is 26.7. The molecule has 0 spiro atoms. The van der Waals surface area contributed by atoms with E-state index in [0.717, 1.165) is 27.5 Å². The Morgan fingerprint density at radius 2 is 1.61 bits per heavy atom. The number of ether oxygens (including phenoxy) is 2. The zero-order chi connectivity index (χ0) is 34.0. The van der Waals surface area contributed by atoms with Crippen molar-refractivity contribution in [1.29, 1.82) is 0 Å². The van der Waals surface area contributed by atoms with Crippen molar-refractivity contribution < 1.29 is 28.7 Å². The van der Waals surface area contributed by atoms with Gasteiger partial charge in [0.2, 0.25) is 11.8 Å². The van der Waals surface area contributed by atoms with E-state index in [1.165, 1.54) is 16.2 Å². The zero-order valence-corrected chi connectivity index (χ0v) is 28.3. The first-order valence-electron chi connectivity index (χ1n) is 16.4. The number of hydrogen-bond donors (Lipinski definition) is 2. The van der Waals surface area contributed by atoms with Crippen LogP contribution in [-0.4, -0.2) is 47.1 Å². The third kappa shape index (κ3) is 5.37. The molecular weight excluding hydrogens is 663 g/mol. The summed E-state index contributed by atoms with van der Waals surface area (Å²) in [5.74, 6) is -1.59. The highest BCUT2D eigenvalue weighted by Crippen LogP contribution is 2.68. The van der Waals surface area contributed by atoms with Crippen molar-refractivity contribution in [2.45, 2.75) is 36.5 Å². The number of aryl methyl sites for hydroxylation is 1. The van der Waals surface area contributed by atoms with Gasteiger partial charge in [-0.05, 0) is 92.1 Å². The van der Waals surface area contributed by atoms with Crippen LogP contribution in [0.4, 0.5) is 11.4 Å². The van der Waals surface area contributed by atoms with Crippen LogP contribution >= 0.6 is 23.1 Å². The number of nitrogens with one attached hydrogen (secondary N) is 2. The van der Waals surface area contributed by atoms with Crippen molar-refractivity contribution in [3.8, 4) is 5.75 Å². The van der Waals surface area contributed by atoms with Gasteiger partial charge in [-0.2, -0.15) is 0 Å². The topological polar surface area (TPSA) is 135 Å². The quantitative estimate of drug-likeness (QED) is 0.179. The Balaban J connectivity index is 1.03. The molecule has 0 radical (unpaired) electrons. The molecule has 1 aromatic heterocycles. The number of nitrogens with zero attached hydrogens (tertiary/aromatic N) is 1. The van der Waals surface area contributed by atoms with Gasteiger partial charge in [0, 0.05) is 21.7 Å². The van der Waals surface area contributed by atoms with Crippen LogP contribution < -0.4 is 19.8 Å². The third-order valence-electron chi connectivity index (χ3n) is 10.3. The first kappa shape index (κ1) is 31.6. The molecule has 2 N–H and O–H groups in total. The van der Waals surface area contributed by atoms with E-state index < -0.39 is 17.8 Å². The van der Waals surface area contributed by atoms with E-state index in [2.05, 4.69) is 10.3 Å². The number of thioether (sulfide) groups is 1. The Kier molecular flexibility index (Phi) is 7.95. The molecule has 7 atom stereocenters. The van der Waals surface area contributed by atoms with E-state index in [0.29, 0.717) is 22.7 Å². The fourth-order valence-corrected chi connectivity index (χ4v) is 11.2. The number of carbonyl (C=O) groups is 4. The lowest BCUT2D eigenvalue weighted by Crippen LogP contribution is -2.42. The first-order chi connectivity index (χ1) is 23.7. The van der Waals surface area contributed by atoms with Crippen LogP contribution in [0.2, 0.25) is 0 Å². The molecule has 2 bridgehead atoms. The summed E-state index contributed by atoms with van der Waals surface area (Å²) in [6.45, 7) is 3.82. The predicted octanol–water partition coefficient (Wildman–Crippen LogP) is 5.62. The monoisotopic (exact) mass is 695 g/mol. The number of hydrogen-bond acceptors (Lipinski definition) is 9. The largest absolute Gasteiger partial charge is 0.484 e. The van der Waals surface area contributed by atoms with E-state index >= 15 is 0 Å². The summed E-state index contributed by atoms with van der Waals surface area (Å²) in [4.78, 5) is 70.5. The highest BCUT2D eigenvalue weighted by atomic mass is 32.2. The van der Waals surface area contributed by atoms with Gasteiger partial charge in [0.05, 0.1) is 34.7 Å². The number of thiazole rings is 1. The van der Waals surface area contributed by atoms with Crippen molar-refractivity contribution in [2.24, 2.45) is 29.6 Å². The summed E-state index contributed by atoms with van der Waals surface area (Å²) >= 11 is 2.84. The maximum Gasteiger partial charge on any atom is 0.338 e. The Bertz CT molecular complexity index is 2020. The van der Waals surface area contributed by atoms with Crippen molar-refractivity contribution >= 4 is 58.2 Å². The summed E-state index contributed by atoms with van der Waals surface area (Å²) in [6.07, 6.45) is 0.776. The molecule has 2 saturated carbocycles. The minimum atomic E-state index is -0.455. The van der Waals surface area contributed by atoms with Crippen LogP contribution in [-0.2, 0) is 19.1 Å². The standard InChI is InChI=1S/C37H33N3O7S2/c1-3-46-36(44)20-6-12-22(13-7-20)40-34(42)29-24-16-25(30(29)35(40)43)31-28(24)27(32-33(48-31)39-37(45)49-32)19-8-14-23(15-9-19)47-17-26(41)38-21-10-4-18(2)5-11-21/h4-15,24-25,27-31H,3,16-17H2,1-2H3,(H,38,41)(H,39,45)/t24?,25?,27-,28?,29?,30?,31?/m1/s1. The number of aromatic amines is 1. The number of anilines is 2. The number of fused-ring (bicyclic) bond motifs is 9. The average molecular weight is 696 g/mol.